The Bertz CT molecular complexity index is 1200. The molecule has 1 atom stereocenters. The van der Waals surface area contributed by atoms with E-state index in [0.29, 0.717) is 17.0 Å². The van der Waals surface area contributed by atoms with Crippen molar-refractivity contribution in [2.45, 2.75) is 44.2 Å². The van der Waals surface area contributed by atoms with Gasteiger partial charge < -0.3 is 15.2 Å². The summed E-state index contributed by atoms with van der Waals surface area (Å²) in [5, 5.41) is 13.0. The molecule has 2 amide bonds. The van der Waals surface area contributed by atoms with Crippen molar-refractivity contribution in [3.8, 4) is 11.5 Å². The van der Waals surface area contributed by atoms with E-state index in [9.17, 15) is 14.7 Å². The van der Waals surface area contributed by atoms with E-state index in [0.717, 1.165) is 43.6 Å². The monoisotopic (exact) mass is 533 g/mol. The molecule has 0 saturated heterocycles. The van der Waals surface area contributed by atoms with Crippen LogP contribution in [-0.2, 0) is 4.79 Å². The number of nitrogens with one attached hydrogen (secondary N) is 1. The molecule has 1 aliphatic rings. The molecule has 10 heteroatoms. The number of phenolic OH excluding ortho intramolecular Hbond substituents is 1. The average molecular weight is 534 g/mol. The van der Waals surface area contributed by atoms with Gasteiger partial charge in [-0.15, -0.1) is 0 Å². The highest BCUT2D eigenvalue weighted by atomic mass is 35.5. The molecule has 0 radical (unpaired) electrons. The fourth-order valence-corrected chi connectivity index (χ4v) is 5.24. The van der Waals surface area contributed by atoms with Crippen molar-refractivity contribution in [3.05, 3.63) is 69.1 Å². The van der Waals surface area contributed by atoms with E-state index in [1.807, 2.05) is 0 Å². The molecule has 1 fully saturated rings. The van der Waals surface area contributed by atoms with E-state index in [1.54, 1.807) is 36.4 Å². The van der Waals surface area contributed by atoms with Crippen molar-refractivity contribution >= 4 is 52.2 Å². The number of carbonyl (C=O) groups is 2. The Morgan fingerprint density at radius 3 is 2.49 bits per heavy atom. The van der Waals surface area contributed by atoms with Crippen LogP contribution >= 0.6 is 34.7 Å². The summed E-state index contributed by atoms with van der Waals surface area (Å²) in [6.45, 7) is 0. The number of rotatable bonds is 7. The van der Waals surface area contributed by atoms with Gasteiger partial charge in [-0.3, -0.25) is 14.5 Å². The van der Waals surface area contributed by atoms with Crippen molar-refractivity contribution in [1.82, 2.24) is 9.69 Å². The zero-order valence-electron chi connectivity index (χ0n) is 19.0. The molecule has 7 nitrogen and oxygen atoms in total. The lowest BCUT2D eigenvalue weighted by molar-refractivity contribution is -0.123. The third-order valence-electron chi connectivity index (χ3n) is 6.02. The van der Waals surface area contributed by atoms with E-state index >= 15 is 0 Å². The van der Waals surface area contributed by atoms with E-state index in [1.165, 1.54) is 24.1 Å². The largest absolute Gasteiger partial charge is 0.508 e. The van der Waals surface area contributed by atoms with E-state index < -0.39 is 11.9 Å². The number of ether oxygens (including phenoxy) is 1. The molecule has 2 N–H and O–H groups in total. The molecule has 0 unspecified atom stereocenters. The molecule has 1 saturated carbocycles. The van der Waals surface area contributed by atoms with Gasteiger partial charge in [0.05, 0.1) is 7.11 Å². The second kappa shape index (κ2) is 11.3. The lowest BCUT2D eigenvalue weighted by Gasteiger charge is -2.33. The quantitative estimate of drug-likeness (QED) is 0.388. The van der Waals surface area contributed by atoms with Crippen LogP contribution in [0.2, 0.25) is 9.36 Å². The number of carbonyl (C=O) groups excluding carboxylic acids is 2. The van der Waals surface area contributed by atoms with Gasteiger partial charge in [-0.25, -0.2) is 0 Å². The summed E-state index contributed by atoms with van der Waals surface area (Å²) in [6.07, 6.45) is 5.00. The van der Waals surface area contributed by atoms with Gasteiger partial charge in [0.2, 0.25) is 5.91 Å². The van der Waals surface area contributed by atoms with Gasteiger partial charge in [-0.05, 0) is 54.2 Å². The molecule has 1 aliphatic carbocycles. The Hall–Kier alpha value is -2.81. The van der Waals surface area contributed by atoms with Crippen molar-refractivity contribution < 1.29 is 19.4 Å². The zero-order valence-corrected chi connectivity index (χ0v) is 21.4. The first-order chi connectivity index (χ1) is 16.9. The predicted molar refractivity (Wildman–Crippen MR) is 138 cm³/mol. The predicted octanol–water partition coefficient (Wildman–Crippen LogP) is 6.00. The standard InChI is InChI=1S/C25H25Cl2N3O4S/c1-34-19-9-5-8-17(14-19)30(25(33)21-20(26)23(27)35-29-21)22(15-10-12-18(31)13-11-15)24(32)28-16-6-3-2-4-7-16/h5,8-14,16,22,31H,2-4,6-7H2,1H3,(H,28,32)/t22-/m1/s1. The average Bonchev–Trinajstić information content (AvgIpc) is 3.21. The van der Waals surface area contributed by atoms with Gasteiger partial charge in [0, 0.05) is 17.8 Å². The maximum atomic E-state index is 13.9. The highest BCUT2D eigenvalue weighted by Gasteiger charge is 2.37. The lowest BCUT2D eigenvalue weighted by atomic mass is 9.94. The van der Waals surface area contributed by atoms with Crippen molar-refractivity contribution in [3.63, 3.8) is 0 Å². The molecular weight excluding hydrogens is 509 g/mol. The molecule has 0 spiro atoms. The minimum absolute atomic E-state index is 0.0235. The number of hydrogen-bond donors (Lipinski definition) is 2. The highest BCUT2D eigenvalue weighted by molar-refractivity contribution is 7.11. The summed E-state index contributed by atoms with van der Waals surface area (Å²) >= 11 is 13.3. The Morgan fingerprint density at radius 1 is 1.14 bits per heavy atom. The van der Waals surface area contributed by atoms with Gasteiger partial charge >= 0.3 is 0 Å². The third-order valence-corrected chi connectivity index (χ3v) is 7.63. The maximum absolute atomic E-state index is 13.9. The number of benzene rings is 2. The Morgan fingerprint density at radius 2 is 1.86 bits per heavy atom. The van der Waals surface area contributed by atoms with Crippen LogP contribution in [0, 0.1) is 0 Å². The summed E-state index contributed by atoms with van der Waals surface area (Å²) in [5.41, 5.74) is 0.898. The molecule has 35 heavy (non-hydrogen) atoms. The first kappa shape index (κ1) is 25.3. The number of hydrogen-bond acceptors (Lipinski definition) is 6. The summed E-state index contributed by atoms with van der Waals surface area (Å²) in [5.74, 6) is -0.354. The minimum Gasteiger partial charge on any atom is -0.508 e. The van der Waals surface area contributed by atoms with Crippen LogP contribution < -0.4 is 15.0 Å². The molecule has 4 rings (SSSR count). The summed E-state index contributed by atoms with van der Waals surface area (Å²) in [6, 6.07) is 12.0. The van der Waals surface area contributed by atoms with Gasteiger partial charge in [0.15, 0.2) is 5.69 Å². The second-order valence-corrected chi connectivity index (χ2v) is 10.1. The van der Waals surface area contributed by atoms with Crippen molar-refractivity contribution in [2.75, 3.05) is 12.0 Å². The van der Waals surface area contributed by atoms with Crippen LogP contribution in [0.25, 0.3) is 0 Å². The first-order valence-corrected chi connectivity index (χ1v) is 12.8. The molecule has 184 valence electrons. The summed E-state index contributed by atoms with van der Waals surface area (Å²) in [4.78, 5) is 29.1. The number of aromatic hydroxyl groups is 1. The lowest BCUT2D eigenvalue weighted by Crippen LogP contribution is -2.47. The fourth-order valence-electron chi connectivity index (χ4n) is 4.25. The van der Waals surface area contributed by atoms with Crippen LogP contribution in [0.5, 0.6) is 11.5 Å². The van der Waals surface area contributed by atoms with Crippen molar-refractivity contribution in [1.29, 1.82) is 0 Å². The summed E-state index contributed by atoms with van der Waals surface area (Å²) < 4.78 is 9.71. The Labute approximate surface area is 217 Å². The molecule has 1 aromatic heterocycles. The molecule has 0 aliphatic heterocycles. The van der Waals surface area contributed by atoms with Gasteiger partial charge in [-0.2, -0.15) is 4.37 Å². The van der Waals surface area contributed by atoms with E-state index in [4.69, 9.17) is 27.9 Å². The summed E-state index contributed by atoms with van der Waals surface area (Å²) in [7, 11) is 1.52. The van der Waals surface area contributed by atoms with Gasteiger partial charge in [-0.1, -0.05) is 60.7 Å². The smallest absolute Gasteiger partial charge is 0.280 e. The van der Waals surface area contributed by atoms with Crippen LogP contribution in [0.15, 0.2) is 48.5 Å². The topological polar surface area (TPSA) is 91.8 Å². The molecule has 3 aromatic rings. The zero-order chi connectivity index (χ0) is 24.9. The number of phenols is 1. The second-order valence-electron chi connectivity index (χ2n) is 8.33. The molecular formula is C25H25Cl2N3O4S. The first-order valence-electron chi connectivity index (χ1n) is 11.3. The normalized spacial score (nSPS) is 14.8. The molecule has 0 bridgehead atoms. The number of amides is 2. The van der Waals surface area contributed by atoms with E-state index in [2.05, 4.69) is 9.69 Å². The number of nitrogens with zero attached hydrogens (tertiary/aromatic N) is 2. The van der Waals surface area contributed by atoms with E-state index in [-0.39, 0.29) is 32.8 Å². The number of anilines is 1. The SMILES string of the molecule is COc1cccc(N(C(=O)c2nsc(Cl)c2Cl)[C@@H](C(=O)NC2CCCCC2)c2ccc(O)cc2)c1. The van der Waals surface area contributed by atoms with Gasteiger partial charge in [0.1, 0.15) is 26.9 Å². The maximum Gasteiger partial charge on any atom is 0.280 e. The minimum atomic E-state index is -1.06. The van der Waals surface area contributed by atoms with Crippen LogP contribution in [0.1, 0.15) is 54.2 Å². The van der Waals surface area contributed by atoms with Crippen molar-refractivity contribution in [2.24, 2.45) is 0 Å². The highest BCUT2D eigenvalue weighted by Crippen LogP contribution is 2.36. The molecule has 2 aromatic carbocycles. The number of aromatic nitrogens is 1. The van der Waals surface area contributed by atoms with Gasteiger partial charge in [0.25, 0.3) is 5.91 Å². The number of methoxy groups -OCH3 is 1. The Kier molecular flexibility index (Phi) is 8.15. The molecule has 1 heterocycles. The van der Waals surface area contributed by atoms with Crippen LogP contribution in [-0.4, -0.2) is 34.4 Å². The third kappa shape index (κ3) is 5.72. The Balaban J connectivity index is 1.83. The number of halogens is 2. The van der Waals surface area contributed by atoms with Crippen LogP contribution in [0.3, 0.4) is 0 Å². The fraction of sp³-hybridized carbons (Fsp3) is 0.320. The van der Waals surface area contributed by atoms with Crippen LogP contribution in [0.4, 0.5) is 5.69 Å².